The second-order valence-corrected chi connectivity index (χ2v) is 9.91. The number of amides is 3. The lowest BCUT2D eigenvalue weighted by atomic mass is 9.96. The van der Waals surface area contributed by atoms with Crippen molar-refractivity contribution in [2.24, 2.45) is 5.92 Å². The summed E-state index contributed by atoms with van der Waals surface area (Å²) in [5, 5.41) is 10.1. The molecule has 204 valence electrons. The number of carbonyl (C=O) groups excluding carboxylic acids is 4. The fourth-order valence-corrected chi connectivity index (χ4v) is 4.92. The SMILES string of the molecule is CC(=O)N([C@@H](Cc1ccccc1)C(=O)C=N)N1C(=O)C(C(C)C)N(C(=O)c2ccccc2)C=C1c1ccccc1. The quantitative estimate of drug-likeness (QED) is 0.404. The molecule has 40 heavy (non-hydrogen) atoms. The summed E-state index contributed by atoms with van der Waals surface area (Å²) in [4.78, 5) is 56.1. The van der Waals surface area contributed by atoms with Gasteiger partial charge in [-0.2, -0.15) is 0 Å². The third-order valence-corrected chi connectivity index (χ3v) is 6.78. The first-order chi connectivity index (χ1) is 19.2. The number of hydrazine groups is 1. The molecule has 1 N–H and O–H groups in total. The van der Waals surface area contributed by atoms with Gasteiger partial charge >= 0.3 is 0 Å². The van der Waals surface area contributed by atoms with Gasteiger partial charge in [0, 0.05) is 30.7 Å². The van der Waals surface area contributed by atoms with Crippen LogP contribution in [-0.2, 0) is 20.8 Å². The molecule has 0 fully saturated rings. The van der Waals surface area contributed by atoms with Gasteiger partial charge in [-0.05, 0) is 23.6 Å². The van der Waals surface area contributed by atoms with E-state index in [2.05, 4.69) is 0 Å². The maximum absolute atomic E-state index is 14.4. The van der Waals surface area contributed by atoms with Crippen molar-refractivity contribution in [1.29, 1.82) is 5.41 Å². The van der Waals surface area contributed by atoms with Crippen LogP contribution in [0.1, 0.15) is 42.3 Å². The molecule has 1 aliphatic heterocycles. The van der Waals surface area contributed by atoms with Gasteiger partial charge in [-0.25, -0.2) is 10.0 Å². The van der Waals surface area contributed by atoms with Crippen molar-refractivity contribution in [2.75, 3.05) is 0 Å². The van der Waals surface area contributed by atoms with E-state index in [0.717, 1.165) is 10.6 Å². The van der Waals surface area contributed by atoms with E-state index in [9.17, 15) is 19.2 Å². The molecule has 0 aromatic heterocycles. The van der Waals surface area contributed by atoms with Gasteiger partial charge in [0.05, 0.1) is 11.9 Å². The Bertz CT molecular complexity index is 1420. The van der Waals surface area contributed by atoms with Crippen molar-refractivity contribution in [2.45, 2.75) is 39.3 Å². The second-order valence-electron chi connectivity index (χ2n) is 9.91. The first kappa shape index (κ1) is 28.2. The van der Waals surface area contributed by atoms with Crippen LogP contribution >= 0.6 is 0 Å². The average molecular weight is 537 g/mol. The van der Waals surface area contributed by atoms with Crippen LogP contribution < -0.4 is 0 Å². The average Bonchev–Trinajstić information content (AvgIpc) is 2.97. The molecule has 8 heteroatoms. The minimum Gasteiger partial charge on any atom is -0.305 e. The fraction of sp³-hybridized carbons (Fsp3) is 0.219. The number of hydrogen-bond acceptors (Lipinski definition) is 5. The smallest absolute Gasteiger partial charge is 0.269 e. The first-order valence-corrected chi connectivity index (χ1v) is 13.1. The summed E-state index contributed by atoms with van der Waals surface area (Å²) in [7, 11) is 0. The highest BCUT2D eigenvalue weighted by atomic mass is 16.2. The van der Waals surface area contributed by atoms with E-state index in [4.69, 9.17) is 5.41 Å². The monoisotopic (exact) mass is 536 g/mol. The number of nitrogens with zero attached hydrogens (tertiary/aromatic N) is 3. The molecule has 4 rings (SSSR count). The highest BCUT2D eigenvalue weighted by Crippen LogP contribution is 2.34. The molecule has 3 aromatic carbocycles. The maximum Gasteiger partial charge on any atom is 0.269 e. The predicted molar refractivity (Wildman–Crippen MR) is 153 cm³/mol. The standard InChI is InChI=1S/C32H32N4O4/c1-22(2)30-32(40)36(35(23(3)37)27(29(38)20-33)19-24-13-7-4-8-14-24)28(25-15-9-5-10-16-25)21-34(30)31(39)26-17-11-6-12-18-26/h4-18,20-22,27,30,33H,19H2,1-3H3/t27-,30?/m0/s1. The molecule has 0 radical (unpaired) electrons. The Kier molecular flexibility index (Phi) is 8.69. The van der Waals surface area contributed by atoms with E-state index < -0.39 is 29.7 Å². The van der Waals surface area contributed by atoms with E-state index in [1.54, 1.807) is 54.7 Å². The predicted octanol–water partition coefficient (Wildman–Crippen LogP) is 4.59. The van der Waals surface area contributed by atoms with E-state index >= 15 is 0 Å². The number of Topliss-reactive ketones (excluding diaryl/α,β-unsaturated/α-hetero) is 1. The first-order valence-electron chi connectivity index (χ1n) is 13.1. The van der Waals surface area contributed by atoms with Crippen LogP contribution in [0.4, 0.5) is 0 Å². The third-order valence-electron chi connectivity index (χ3n) is 6.78. The van der Waals surface area contributed by atoms with Gasteiger partial charge in [0.25, 0.3) is 11.8 Å². The van der Waals surface area contributed by atoms with Crippen LogP contribution in [0, 0.1) is 11.3 Å². The molecule has 0 aliphatic carbocycles. The zero-order chi connectivity index (χ0) is 28.8. The Morgan fingerprint density at radius 3 is 1.98 bits per heavy atom. The maximum atomic E-state index is 14.4. The molecule has 1 unspecified atom stereocenters. The zero-order valence-electron chi connectivity index (χ0n) is 22.7. The minimum absolute atomic E-state index is 0.0967. The molecule has 3 amide bonds. The van der Waals surface area contributed by atoms with Crippen LogP contribution in [0.2, 0.25) is 0 Å². The Hall–Kier alpha value is -4.85. The van der Waals surface area contributed by atoms with E-state index in [1.807, 2.05) is 56.3 Å². The van der Waals surface area contributed by atoms with Crippen LogP contribution in [-0.4, -0.2) is 56.7 Å². The van der Waals surface area contributed by atoms with E-state index in [-0.39, 0.29) is 23.9 Å². The topological polar surface area (TPSA) is 102 Å². The number of benzene rings is 3. The van der Waals surface area contributed by atoms with Crippen LogP contribution in [0.25, 0.3) is 5.70 Å². The van der Waals surface area contributed by atoms with Crippen molar-refractivity contribution < 1.29 is 19.2 Å². The van der Waals surface area contributed by atoms with Gasteiger partial charge in [0.15, 0.2) is 5.78 Å². The van der Waals surface area contributed by atoms with Crippen molar-refractivity contribution in [1.82, 2.24) is 14.9 Å². The number of rotatable bonds is 9. The summed E-state index contributed by atoms with van der Waals surface area (Å²) < 4.78 is 0. The molecule has 2 atom stereocenters. The minimum atomic E-state index is -1.15. The molecule has 0 saturated carbocycles. The van der Waals surface area contributed by atoms with Crippen LogP contribution in [0.5, 0.6) is 0 Å². The van der Waals surface area contributed by atoms with Gasteiger partial charge in [0.2, 0.25) is 5.91 Å². The molecule has 0 saturated heterocycles. The van der Waals surface area contributed by atoms with E-state index in [0.29, 0.717) is 17.3 Å². The lowest BCUT2D eigenvalue weighted by molar-refractivity contribution is -0.165. The molecule has 3 aromatic rings. The van der Waals surface area contributed by atoms with Gasteiger partial charge in [-0.15, -0.1) is 0 Å². The highest BCUT2D eigenvalue weighted by molar-refractivity contribution is 6.29. The highest BCUT2D eigenvalue weighted by Gasteiger charge is 2.46. The van der Waals surface area contributed by atoms with Crippen LogP contribution in [0.15, 0.2) is 97.2 Å². The summed E-state index contributed by atoms with van der Waals surface area (Å²) in [5.41, 5.74) is 2.04. The van der Waals surface area contributed by atoms with Crippen molar-refractivity contribution in [3.8, 4) is 0 Å². The third kappa shape index (κ3) is 5.76. The number of hydrogen-bond donors (Lipinski definition) is 1. The molecular formula is C32H32N4O4. The lowest BCUT2D eigenvalue weighted by Crippen LogP contribution is -2.63. The molecular weight excluding hydrogens is 504 g/mol. The Morgan fingerprint density at radius 1 is 0.900 bits per heavy atom. The summed E-state index contributed by atoms with van der Waals surface area (Å²) in [6, 6.07) is 24.7. The number of carbonyl (C=O) groups is 4. The van der Waals surface area contributed by atoms with Crippen molar-refractivity contribution in [3.05, 3.63) is 114 Å². The summed E-state index contributed by atoms with van der Waals surface area (Å²) in [6.45, 7) is 4.95. The van der Waals surface area contributed by atoms with Crippen LogP contribution in [0.3, 0.4) is 0 Å². The number of ketones is 1. The number of nitrogens with one attached hydrogen (secondary N) is 1. The Morgan fingerprint density at radius 2 is 1.45 bits per heavy atom. The summed E-state index contributed by atoms with van der Waals surface area (Å²) >= 11 is 0. The largest absolute Gasteiger partial charge is 0.305 e. The second kappa shape index (κ2) is 12.3. The lowest BCUT2D eigenvalue weighted by Gasteiger charge is -2.46. The molecule has 0 spiro atoms. The molecule has 1 aliphatic rings. The summed E-state index contributed by atoms with van der Waals surface area (Å²) in [5.74, 6) is -2.37. The normalized spacial score (nSPS) is 15.8. The van der Waals surface area contributed by atoms with Crippen molar-refractivity contribution >= 4 is 35.4 Å². The van der Waals surface area contributed by atoms with Gasteiger partial charge in [0.1, 0.15) is 12.1 Å². The molecule has 1 heterocycles. The van der Waals surface area contributed by atoms with Gasteiger partial charge in [-0.1, -0.05) is 92.7 Å². The molecule has 0 bridgehead atoms. The van der Waals surface area contributed by atoms with E-state index in [1.165, 1.54) is 16.8 Å². The molecule has 8 nitrogen and oxygen atoms in total. The Labute approximate surface area is 234 Å². The van der Waals surface area contributed by atoms with Crippen molar-refractivity contribution in [3.63, 3.8) is 0 Å². The Balaban J connectivity index is 1.92. The van der Waals surface area contributed by atoms with Gasteiger partial charge in [-0.3, -0.25) is 24.1 Å². The van der Waals surface area contributed by atoms with Gasteiger partial charge < -0.3 is 5.41 Å². The summed E-state index contributed by atoms with van der Waals surface area (Å²) in [6.07, 6.45) is 2.36. The zero-order valence-corrected chi connectivity index (χ0v) is 22.7. The fourth-order valence-electron chi connectivity index (χ4n) is 4.92.